The van der Waals surface area contributed by atoms with Crippen LogP contribution in [-0.4, -0.2) is 6.54 Å². The maximum absolute atomic E-state index is 5.93. The average molecular weight is 286 g/mol. The summed E-state index contributed by atoms with van der Waals surface area (Å²) in [5, 5.41) is 2.05. The lowest BCUT2D eigenvalue weighted by Crippen LogP contribution is -2.10. The van der Waals surface area contributed by atoms with Crippen molar-refractivity contribution < 1.29 is 0 Å². The van der Waals surface area contributed by atoms with Crippen LogP contribution in [-0.2, 0) is 0 Å². The summed E-state index contributed by atoms with van der Waals surface area (Å²) in [5.74, 6) is 0. The molecule has 0 aromatic carbocycles. The van der Waals surface area contributed by atoms with Crippen molar-refractivity contribution in [2.75, 3.05) is 6.54 Å². The molecular weight excluding hydrogens is 272 g/mol. The fourth-order valence-electron chi connectivity index (χ4n) is 1.00. The summed E-state index contributed by atoms with van der Waals surface area (Å²) in [6, 6.07) is 2.23. The van der Waals surface area contributed by atoms with Gasteiger partial charge in [0.1, 0.15) is 0 Å². The molecule has 1 aromatic rings. The zero-order chi connectivity index (χ0) is 8.97. The Hall–Kier alpha value is 0.390. The Morgan fingerprint density at radius 3 is 2.69 bits per heavy atom. The Labute approximate surface area is 97.2 Å². The lowest BCUT2D eigenvalue weighted by Gasteiger charge is -2.07. The molecule has 1 heterocycles. The molecule has 2 nitrogen and oxygen atoms in total. The highest BCUT2D eigenvalue weighted by atomic mass is 79.9. The molecule has 1 rings (SSSR count). The van der Waals surface area contributed by atoms with E-state index in [1.165, 1.54) is 4.88 Å². The van der Waals surface area contributed by atoms with E-state index in [1.54, 1.807) is 11.3 Å². The van der Waals surface area contributed by atoms with Gasteiger partial charge in [-0.3, -0.25) is 0 Å². The molecule has 1 atom stereocenters. The smallest absolute Gasteiger partial charge is 0.0390 e. The zero-order valence-electron chi connectivity index (χ0n) is 7.20. The van der Waals surface area contributed by atoms with Crippen LogP contribution in [0.3, 0.4) is 0 Å². The maximum atomic E-state index is 5.93. The first-order chi connectivity index (χ1) is 5.74. The van der Waals surface area contributed by atoms with Gasteiger partial charge >= 0.3 is 0 Å². The minimum Gasteiger partial charge on any atom is -0.330 e. The Morgan fingerprint density at radius 2 is 2.23 bits per heavy atom. The van der Waals surface area contributed by atoms with Gasteiger partial charge in [-0.2, -0.15) is 0 Å². The van der Waals surface area contributed by atoms with E-state index in [2.05, 4.69) is 27.4 Å². The molecule has 0 unspecified atom stereocenters. The Kier molecular flexibility index (Phi) is 6.99. The predicted molar refractivity (Wildman–Crippen MR) is 64.5 cm³/mol. The fourth-order valence-corrected chi connectivity index (χ4v) is 2.49. The monoisotopic (exact) mass is 284 g/mol. The summed E-state index contributed by atoms with van der Waals surface area (Å²) in [5.41, 5.74) is 11.3. The lowest BCUT2D eigenvalue weighted by molar-refractivity contribution is 0.626. The van der Waals surface area contributed by atoms with E-state index >= 15 is 0 Å². The van der Waals surface area contributed by atoms with Crippen LogP contribution >= 0.6 is 39.7 Å². The second-order valence-electron chi connectivity index (χ2n) is 2.70. The minimum absolute atomic E-state index is 0. The largest absolute Gasteiger partial charge is 0.330 e. The fraction of sp³-hybridized carbons (Fsp3) is 0.500. The van der Waals surface area contributed by atoms with Gasteiger partial charge in [-0.05, 0) is 41.4 Å². The van der Waals surface area contributed by atoms with Crippen LogP contribution in [0, 0.1) is 0 Å². The molecule has 0 aliphatic heterocycles. The third-order valence-electron chi connectivity index (χ3n) is 1.67. The van der Waals surface area contributed by atoms with Gasteiger partial charge in [-0.25, -0.2) is 0 Å². The van der Waals surface area contributed by atoms with Gasteiger partial charge in [-0.1, -0.05) is 0 Å². The van der Waals surface area contributed by atoms with Crippen LogP contribution in [0.5, 0.6) is 0 Å². The highest BCUT2D eigenvalue weighted by molar-refractivity contribution is 9.10. The van der Waals surface area contributed by atoms with Crippen LogP contribution < -0.4 is 11.5 Å². The SMILES string of the molecule is Cl.NCCC[C@@H](N)c1cc(Br)cs1. The van der Waals surface area contributed by atoms with E-state index in [1.807, 2.05) is 0 Å². The van der Waals surface area contributed by atoms with Crippen molar-refractivity contribution in [3.63, 3.8) is 0 Å². The summed E-state index contributed by atoms with van der Waals surface area (Å²) in [6.07, 6.45) is 1.97. The molecule has 76 valence electrons. The number of nitrogens with two attached hydrogens (primary N) is 2. The first kappa shape index (κ1) is 13.4. The van der Waals surface area contributed by atoms with E-state index in [4.69, 9.17) is 11.5 Å². The summed E-state index contributed by atoms with van der Waals surface area (Å²) in [6.45, 7) is 0.722. The Bertz CT molecular complexity index is 242. The lowest BCUT2D eigenvalue weighted by atomic mass is 10.1. The third-order valence-corrected chi connectivity index (χ3v) is 3.50. The standard InChI is InChI=1S/C8H13BrN2S.ClH/c9-6-4-8(12-5-6)7(11)2-1-3-10;/h4-5,7H,1-3,10-11H2;1H/t7-;/m1./s1. The average Bonchev–Trinajstić information content (AvgIpc) is 2.47. The number of hydrogen-bond acceptors (Lipinski definition) is 3. The van der Waals surface area contributed by atoms with Gasteiger partial charge in [0.05, 0.1) is 0 Å². The number of thiophene rings is 1. The molecule has 0 aliphatic rings. The summed E-state index contributed by atoms with van der Waals surface area (Å²) in [4.78, 5) is 1.23. The molecule has 0 saturated carbocycles. The molecule has 0 radical (unpaired) electrons. The maximum Gasteiger partial charge on any atom is 0.0390 e. The van der Waals surface area contributed by atoms with Gasteiger partial charge in [0.25, 0.3) is 0 Å². The van der Waals surface area contributed by atoms with Crippen LogP contribution in [0.1, 0.15) is 23.8 Å². The van der Waals surface area contributed by atoms with E-state index in [0.717, 1.165) is 23.9 Å². The highest BCUT2D eigenvalue weighted by Gasteiger charge is 2.07. The van der Waals surface area contributed by atoms with Crippen molar-refractivity contribution in [1.29, 1.82) is 0 Å². The Balaban J connectivity index is 0.00000144. The van der Waals surface area contributed by atoms with Crippen molar-refractivity contribution in [3.05, 3.63) is 20.8 Å². The normalized spacial score (nSPS) is 12.2. The quantitative estimate of drug-likeness (QED) is 0.893. The Morgan fingerprint density at radius 1 is 1.54 bits per heavy atom. The second-order valence-corrected chi connectivity index (χ2v) is 4.56. The second kappa shape index (κ2) is 6.79. The van der Waals surface area contributed by atoms with Crippen LogP contribution in [0.25, 0.3) is 0 Å². The third kappa shape index (κ3) is 4.42. The van der Waals surface area contributed by atoms with Gasteiger partial charge in [0.2, 0.25) is 0 Å². The molecule has 5 heteroatoms. The minimum atomic E-state index is 0. The molecule has 4 N–H and O–H groups in total. The number of halogens is 2. The van der Waals surface area contributed by atoms with Crippen LogP contribution in [0.15, 0.2) is 15.9 Å². The van der Waals surface area contributed by atoms with E-state index in [9.17, 15) is 0 Å². The summed E-state index contributed by atoms with van der Waals surface area (Å²) < 4.78 is 1.12. The van der Waals surface area contributed by atoms with Gasteiger partial charge in [0.15, 0.2) is 0 Å². The number of hydrogen-bond donors (Lipinski definition) is 2. The zero-order valence-corrected chi connectivity index (χ0v) is 10.4. The molecule has 0 aliphatic carbocycles. The first-order valence-corrected chi connectivity index (χ1v) is 5.61. The molecule has 0 saturated heterocycles. The van der Waals surface area contributed by atoms with Crippen LogP contribution in [0.2, 0.25) is 0 Å². The van der Waals surface area contributed by atoms with Crippen LogP contribution in [0.4, 0.5) is 0 Å². The van der Waals surface area contributed by atoms with E-state index in [0.29, 0.717) is 0 Å². The highest BCUT2D eigenvalue weighted by Crippen LogP contribution is 2.26. The van der Waals surface area contributed by atoms with Crippen molar-refractivity contribution in [3.8, 4) is 0 Å². The number of rotatable bonds is 4. The molecule has 0 spiro atoms. The molecule has 0 amide bonds. The summed E-state index contributed by atoms with van der Waals surface area (Å²) in [7, 11) is 0. The van der Waals surface area contributed by atoms with Crippen molar-refractivity contribution >= 4 is 39.7 Å². The van der Waals surface area contributed by atoms with Gasteiger partial charge in [-0.15, -0.1) is 23.7 Å². The molecule has 13 heavy (non-hydrogen) atoms. The van der Waals surface area contributed by atoms with Crippen molar-refractivity contribution in [2.24, 2.45) is 11.5 Å². The van der Waals surface area contributed by atoms with Crippen molar-refractivity contribution in [1.82, 2.24) is 0 Å². The van der Waals surface area contributed by atoms with Crippen molar-refractivity contribution in [2.45, 2.75) is 18.9 Å². The molecule has 0 fully saturated rings. The van der Waals surface area contributed by atoms with E-state index < -0.39 is 0 Å². The molecule has 0 bridgehead atoms. The van der Waals surface area contributed by atoms with Gasteiger partial charge in [0, 0.05) is 20.8 Å². The summed E-state index contributed by atoms with van der Waals surface area (Å²) >= 11 is 5.09. The molecular formula is C8H14BrClN2S. The first-order valence-electron chi connectivity index (χ1n) is 3.93. The topological polar surface area (TPSA) is 52.0 Å². The predicted octanol–water partition coefficient (Wildman–Crippen LogP) is 2.67. The van der Waals surface area contributed by atoms with Gasteiger partial charge < -0.3 is 11.5 Å². The molecule has 1 aromatic heterocycles. The van der Waals surface area contributed by atoms with E-state index in [-0.39, 0.29) is 18.4 Å².